The van der Waals surface area contributed by atoms with E-state index in [1.54, 1.807) is 0 Å². The van der Waals surface area contributed by atoms with E-state index in [1.807, 2.05) is 6.08 Å². The fourth-order valence-corrected chi connectivity index (χ4v) is 1.85. The van der Waals surface area contributed by atoms with E-state index in [0.717, 1.165) is 19.5 Å². The summed E-state index contributed by atoms with van der Waals surface area (Å²) < 4.78 is 0. The first-order valence-corrected chi connectivity index (χ1v) is 4.38. The predicted molar refractivity (Wildman–Crippen MR) is 49.6 cm³/mol. The Morgan fingerprint density at radius 1 is 1.75 bits per heavy atom. The van der Waals surface area contributed by atoms with Gasteiger partial charge in [-0.15, -0.1) is 6.58 Å². The highest BCUT2D eigenvalue weighted by Crippen LogP contribution is 2.33. The van der Waals surface area contributed by atoms with Crippen LogP contribution in [0.3, 0.4) is 0 Å². The second-order valence-corrected chi connectivity index (χ2v) is 3.86. The minimum absolute atomic E-state index is 0.0307. The van der Waals surface area contributed by atoms with E-state index >= 15 is 0 Å². The molecule has 1 unspecified atom stereocenters. The van der Waals surface area contributed by atoms with Gasteiger partial charge in [0.1, 0.15) is 0 Å². The normalized spacial score (nSPS) is 28.2. The molecule has 1 aliphatic rings. The van der Waals surface area contributed by atoms with Gasteiger partial charge >= 0.3 is 0 Å². The van der Waals surface area contributed by atoms with Crippen molar-refractivity contribution >= 4 is 0 Å². The van der Waals surface area contributed by atoms with Gasteiger partial charge in [0.2, 0.25) is 0 Å². The van der Waals surface area contributed by atoms with E-state index in [4.69, 9.17) is 5.26 Å². The Morgan fingerprint density at radius 3 is 2.83 bits per heavy atom. The van der Waals surface area contributed by atoms with Crippen molar-refractivity contribution in [1.82, 2.24) is 4.90 Å². The minimum Gasteiger partial charge on any atom is -0.293 e. The average Bonchev–Trinajstić information content (AvgIpc) is 2.28. The molecule has 1 atom stereocenters. The van der Waals surface area contributed by atoms with Crippen LogP contribution in [0.2, 0.25) is 0 Å². The first-order chi connectivity index (χ1) is 5.62. The molecule has 0 spiro atoms. The largest absolute Gasteiger partial charge is 0.293 e. The van der Waals surface area contributed by atoms with Crippen molar-refractivity contribution in [2.24, 2.45) is 5.92 Å². The highest BCUT2D eigenvalue weighted by molar-refractivity contribution is 5.05. The molecule has 0 aromatic carbocycles. The van der Waals surface area contributed by atoms with Crippen LogP contribution in [0.25, 0.3) is 0 Å². The Kier molecular flexibility index (Phi) is 2.54. The topological polar surface area (TPSA) is 27.0 Å². The number of nitriles is 1. The highest BCUT2D eigenvalue weighted by Gasteiger charge is 2.40. The van der Waals surface area contributed by atoms with Crippen LogP contribution in [0, 0.1) is 17.2 Å². The molecule has 66 valence electrons. The van der Waals surface area contributed by atoms with Gasteiger partial charge in [0, 0.05) is 18.6 Å². The van der Waals surface area contributed by atoms with Crippen LogP contribution >= 0.6 is 0 Å². The molecule has 2 heteroatoms. The smallest absolute Gasteiger partial charge is 0.0675 e. The molecule has 1 aliphatic heterocycles. The molecule has 0 aromatic rings. The summed E-state index contributed by atoms with van der Waals surface area (Å²) in [7, 11) is 0. The summed E-state index contributed by atoms with van der Waals surface area (Å²) in [6, 6.07) is 2.37. The molecule has 1 rings (SSSR count). The molecule has 0 aliphatic carbocycles. The summed E-state index contributed by atoms with van der Waals surface area (Å²) in [5.74, 6) is 0.178. The molecule has 0 bridgehead atoms. The lowest BCUT2D eigenvalue weighted by Crippen LogP contribution is -2.42. The molecular weight excluding hydrogens is 148 g/mol. The van der Waals surface area contributed by atoms with Crippen LogP contribution in [-0.4, -0.2) is 23.5 Å². The van der Waals surface area contributed by atoms with Crippen molar-refractivity contribution in [3.05, 3.63) is 12.7 Å². The maximum Gasteiger partial charge on any atom is 0.0675 e. The maximum atomic E-state index is 8.89. The number of hydrogen-bond donors (Lipinski definition) is 0. The molecule has 2 nitrogen and oxygen atoms in total. The molecule has 1 saturated heterocycles. The summed E-state index contributed by atoms with van der Waals surface area (Å²) in [6.07, 6.45) is 2.90. The second kappa shape index (κ2) is 3.28. The standard InChI is InChI=1S/C10H16N2/c1-4-6-12-7-5-9(8-11)10(12,2)3/h4,9H,1,5-7H2,2-3H3. The zero-order chi connectivity index (χ0) is 9.19. The van der Waals surface area contributed by atoms with Crippen LogP contribution < -0.4 is 0 Å². The van der Waals surface area contributed by atoms with Crippen LogP contribution in [-0.2, 0) is 0 Å². The third kappa shape index (κ3) is 1.37. The Morgan fingerprint density at radius 2 is 2.42 bits per heavy atom. The quantitative estimate of drug-likeness (QED) is 0.582. The van der Waals surface area contributed by atoms with E-state index in [-0.39, 0.29) is 11.5 Å². The van der Waals surface area contributed by atoms with Gasteiger partial charge in [0.25, 0.3) is 0 Å². The minimum atomic E-state index is 0.0307. The summed E-state index contributed by atoms with van der Waals surface area (Å²) in [4.78, 5) is 2.31. The van der Waals surface area contributed by atoms with Crippen molar-refractivity contribution in [2.45, 2.75) is 25.8 Å². The molecule has 0 aromatic heterocycles. The van der Waals surface area contributed by atoms with E-state index in [1.165, 1.54) is 0 Å². The van der Waals surface area contributed by atoms with Gasteiger partial charge in [0.15, 0.2) is 0 Å². The van der Waals surface area contributed by atoms with E-state index in [9.17, 15) is 0 Å². The van der Waals surface area contributed by atoms with Gasteiger partial charge in [-0.1, -0.05) is 6.08 Å². The highest BCUT2D eigenvalue weighted by atomic mass is 15.2. The average molecular weight is 164 g/mol. The summed E-state index contributed by atoms with van der Waals surface area (Å²) in [6.45, 7) is 9.91. The molecule has 0 saturated carbocycles. The van der Waals surface area contributed by atoms with Gasteiger partial charge in [-0.2, -0.15) is 5.26 Å². The van der Waals surface area contributed by atoms with Crippen LogP contribution in [0.15, 0.2) is 12.7 Å². The lowest BCUT2D eigenvalue weighted by Gasteiger charge is -2.32. The third-order valence-corrected chi connectivity index (χ3v) is 2.86. The first kappa shape index (κ1) is 9.28. The van der Waals surface area contributed by atoms with Crippen LogP contribution in [0.4, 0.5) is 0 Å². The first-order valence-electron chi connectivity index (χ1n) is 4.38. The van der Waals surface area contributed by atoms with E-state index in [2.05, 4.69) is 31.4 Å². The lowest BCUT2D eigenvalue weighted by atomic mass is 9.90. The van der Waals surface area contributed by atoms with Gasteiger partial charge in [-0.3, -0.25) is 4.90 Å². The Bertz CT molecular complexity index is 212. The molecule has 0 N–H and O–H groups in total. The molecule has 1 heterocycles. The Balaban J connectivity index is 2.71. The summed E-state index contributed by atoms with van der Waals surface area (Å²) in [5.41, 5.74) is 0.0307. The van der Waals surface area contributed by atoms with Gasteiger partial charge in [-0.05, 0) is 20.3 Å². The fourth-order valence-electron chi connectivity index (χ4n) is 1.85. The molecule has 0 radical (unpaired) electrons. The number of likely N-dealkylation sites (tertiary alicyclic amines) is 1. The third-order valence-electron chi connectivity index (χ3n) is 2.86. The fraction of sp³-hybridized carbons (Fsp3) is 0.700. The Labute approximate surface area is 74.5 Å². The SMILES string of the molecule is C=CCN1CCC(C#N)C1(C)C. The van der Waals surface area contributed by atoms with Gasteiger partial charge in [0.05, 0.1) is 12.0 Å². The summed E-state index contributed by atoms with van der Waals surface area (Å²) in [5, 5.41) is 8.89. The summed E-state index contributed by atoms with van der Waals surface area (Å²) >= 11 is 0. The van der Waals surface area contributed by atoms with Crippen molar-refractivity contribution in [3.63, 3.8) is 0 Å². The lowest BCUT2D eigenvalue weighted by molar-refractivity contribution is 0.173. The van der Waals surface area contributed by atoms with Crippen molar-refractivity contribution in [1.29, 1.82) is 5.26 Å². The molecule has 12 heavy (non-hydrogen) atoms. The second-order valence-electron chi connectivity index (χ2n) is 3.86. The van der Waals surface area contributed by atoms with E-state index < -0.39 is 0 Å². The predicted octanol–water partition coefficient (Wildman–Crippen LogP) is 1.80. The zero-order valence-electron chi connectivity index (χ0n) is 7.88. The molecular formula is C10H16N2. The zero-order valence-corrected chi connectivity index (χ0v) is 7.88. The van der Waals surface area contributed by atoms with Gasteiger partial charge < -0.3 is 0 Å². The molecule has 0 amide bonds. The van der Waals surface area contributed by atoms with E-state index in [0.29, 0.717) is 0 Å². The Hall–Kier alpha value is -0.810. The number of rotatable bonds is 2. The molecule has 1 fully saturated rings. The number of nitrogens with zero attached hydrogens (tertiary/aromatic N) is 2. The van der Waals surface area contributed by atoms with Crippen LogP contribution in [0.1, 0.15) is 20.3 Å². The maximum absolute atomic E-state index is 8.89. The van der Waals surface area contributed by atoms with Crippen molar-refractivity contribution < 1.29 is 0 Å². The van der Waals surface area contributed by atoms with Crippen molar-refractivity contribution in [2.75, 3.05) is 13.1 Å². The monoisotopic (exact) mass is 164 g/mol. The van der Waals surface area contributed by atoms with Crippen molar-refractivity contribution in [3.8, 4) is 6.07 Å². The van der Waals surface area contributed by atoms with Gasteiger partial charge in [-0.25, -0.2) is 0 Å². The number of hydrogen-bond acceptors (Lipinski definition) is 2. The van der Waals surface area contributed by atoms with Crippen LogP contribution in [0.5, 0.6) is 0 Å².